The number of rotatable bonds is 0. The molecule has 1 aromatic rings. The van der Waals surface area contributed by atoms with Crippen molar-refractivity contribution in [1.29, 1.82) is 0 Å². The molecule has 0 unspecified atom stereocenters. The van der Waals surface area contributed by atoms with Gasteiger partial charge in [0.15, 0.2) is 0 Å². The Kier molecular flexibility index (Phi) is 1.77. The molecule has 2 nitrogen and oxygen atoms in total. The Morgan fingerprint density at radius 2 is 2.17 bits per heavy atom. The Morgan fingerprint density at radius 3 is 2.92 bits per heavy atom. The highest BCUT2D eigenvalue weighted by Crippen LogP contribution is 2.30. The second kappa shape index (κ2) is 2.67. The van der Waals surface area contributed by atoms with E-state index >= 15 is 0 Å². The van der Waals surface area contributed by atoms with Gasteiger partial charge in [-0.25, -0.2) is 14.2 Å². The second-order valence-corrected chi connectivity index (χ2v) is 3.34. The molecule has 0 atom stereocenters. The number of hydrogen-bond acceptors (Lipinski definition) is 2. The SMILES string of the molecule is Fc1cc(Br)c(F)c2c1NNC2. The molecule has 0 radical (unpaired) electrons. The lowest BCUT2D eigenvalue weighted by molar-refractivity contribution is 0.588. The Hall–Kier alpha value is -0.680. The largest absolute Gasteiger partial charge is 0.318 e. The van der Waals surface area contributed by atoms with Crippen molar-refractivity contribution in [1.82, 2.24) is 5.43 Å². The molecule has 0 spiro atoms. The van der Waals surface area contributed by atoms with Gasteiger partial charge in [0.05, 0.1) is 10.2 Å². The average Bonchev–Trinajstić information content (AvgIpc) is 2.48. The smallest absolute Gasteiger partial charge is 0.149 e. The first-order chi connectivity index (χ1) is 5.70. The van der Waals surface area contributed by atoms with Crippen LogP contribution >= 0.6 is 15.9 Å². The Labute approximate surface area is 76.1 Å². The van der Waals surface area contributed by atoms with Crippen molar-refractivity contribution in [3.63, 3.8) is 0 Å². The fraction of sp³-hybridized carbons (Fsp3) is 0.143. The van der Waals surface area contributed by atoms with E-state index in [1.165, 1.54) is 0 Å². The summed E-state index contributed by atoms with van der Waals surface area (Å²) in [6, 6.07) is 1.11. The molecule has 0 amide bonds. The number of hydrazine groups is 1. The molecule has 1 aliphatic heterocycles. The van der Waals surface area contributed by atoms with Crippen LogP contribution in [0.5, 0.6) is 0 Å². The fourth-order valence-corrected chi connectivity index (χ4v) is 1.61. The molecule has 1 heterocycles. The summed E-state index contributed by atoms with van der Waals surface area (Å²) in [5, 5.41) is 0. The third-order valence-electron chi connectivity index (χ3n) is 1.75. The van der Waals surface area contributed by atoms with Crippen molar-refractivity contribution in [2.45, 2.75) is 6.54 Å². The minimum absolute atomic E-state index is 0.157. The number of benzene rings is 1. The molecule has 12 heavy (non-hydrogen) atoms. The summed E-state index contributed by atoms with van der Waals surface area (Å²) in [6.45, 7) is 0.303. The number of nitrogens with one attached hydrogen (secondary N) is 2. The maximum absolute atomic E-state index is 13.2. The molecule has 2 rings (SSSR count). The minimum atomic E-state index is -0.455. The first kappa shape index (κ1) is 7.94. The van der Waals surface area contributed by atoms with E-state index in [-0.39, 0.29) is 10.2 Å². The normalized spacial score (nSPS) is 14.2. The van der Waals surface area contributed by atoms with Gasteiger partial charge in [-0.05, 0) is 22.0 Å². The predicted molar refractivity (Wildman–Crippen MR) is 44.5 cm³/mol. The third kappa shape index (κ3) is 1.01. The van der Waals surface area contributed by atoms with Gasteiger partial charge in [0.25, 0.3) is 0 Å². The summed E-state index contributed by atoms with van der Waals surface area (Å²) in [7, 11) is 0. The number of halogens is 3. The average molecular weight is 235 g/mol. The van der Waals surface area contributed by atoms with Crippen molar-refractivity contribution in [3.8, 4) is 0 Å². The number of hydrogen-bond donors (Lipinski definition) is 2. The highest BCUT2D eigenvalue weighted by atomic mass is 79.9. The van der Waals surface area contributed by atoms with E-state index in [0.717, 1.165) is 6.07 Å². The van der Waals surface area contributed by atoms with E-state index in [1.807, 2.05) is 0 Å². The van der Waals surface area contributed by atoms with Gasteiger partial charge >= 0.3 is 0 Å². The molecule has 1 aromatic carbocycles. The van der Waals surface area contributed by atoms with Gasteiger partial charge in [0.2, 0.25) is 0 Å². The molecule has 0 saturated carbocycles. The number of anilines is 1. The van der Waals surface area contributed by atoms with Crippen LogP contribution in [0.4, 0.5) is 14.5 Å². The molecular weight excluding hydrogens is 230 g/mol. The van der Waals surface area contributed by atoms with Crippen molar-refractivity contribution in [2.24, 2.45) is 0 Å². The zero-order valence-electron chi connectivity index (χ0n) is 5.92. The Morgan fingerprint density at radius 1 is 1.42 bits per heavy atom. The molecular formula is C7H5BrF2N2. The van der Waals surface area contributed by atoms with Crippen molar-refractivity contribution in [3.05, 3.63) is 27.7 Å². The van der Waals surface area contributed by atoms with Gasteiger partial charge < -0.3 is 5.43 Å². The lowest BCUT2D eigenvalue weighted by Gasteiger charge is -2.02. The van der Waals surface area contributed by atoms with Crippen LogP contribution in [0, 0.1) is 11.6 Å². The van der Waals surface area contributed by atoms with Crippen LogP contribution in [0.1, 0.15) is 5.56 Å². The van der Waals surface area contributed by atoms with Gasteiger partial charge in [0, 0.05) is 12.1 Å². The fourth-order valence-electron chi connectivity index (χ4n) is 1.17. The standard InChI is InChI=1S/C7H5BrF2N2/c8-4-1-5(9)7-3(6(4)10)2-11-12-7/h1,11-12H,2H2. The molecule has 0 aromatic heterocycles. The number of fused-ring (bicyclic) bond motifs is 1. The second-order valence-electron chi connectivity index (χ2n) is 2.49. The van der Waals surface area contributed by atoms with Crippen LogP contribution in [0.3, 0.4) is 0 Å². The van der Waals surface area contributed by atoms with Crippen molar-refractivity contribution in [2.75, 3.05) is 5.43 Å². The van der Waals surface area contributed by atoms with Gasteiger partial charge in [-0.2, -0.15) is 0 Å². The molecule has 5 heteroatoms. The summed E-state index contributed by atoms with van der Waals surface area (Å²) in [4.78, 5) is 0. The van der Waals surface area contributed by atoms with Crippen LogP contribution in [0.15, 0.2) is 10.5 Å². The molecule has 64 valence electrons. The van der Waals surface area contributed by atoms with Gasteiger partial charge in [-0.3, -0.25) is 0 Å². The molecule has 1 aliphatic rings. The Bertz CT molecular complexity index is 341. The quantitative estimate of drug-likeness (QED) is 0.673. The monoisotopic (exact) mass is 234 g/mol. The summed E-state index contributed by atoms with van der Waals surface area (Å²) >= 11 is 2.93. The first-order valence-corrected chi connectivity index (χ1v) is 4.14. The van der Waals surface area contributed by atoms with Crippen LogP contribution in [-0.2, 0) is 6.54 Å². The highest BCUT2D eigenvalue weighted by Gasteiger charge is 2.20. The lowest BCUT2D eigenvalue weighted by Crippen LogP contribution is -2.11. The summed E-state index contributed by atoms with van der Waals surface area (Å²) in [5.41, 5.74) is 5.74. The van der Waals surface area contributed by atoms with E-state index in [0.29, 0.717) is 12.1 Å². The van der Waals surface area contributed by atoms with Crippen LogP contribution in [-0.4, -0.2) is 0 Å². The first-order valence-electron chi connectivity index (χ1n) is 3.35. The Balaban J connectivity index is 2.69. The van der Waals surface area contributed by atoms with Gasteiger partial charge in [0.1, 0.15) is 11.6 Å². The van der Waals surface area contributed by atoms with E-state index in [2.05, 4.69) is 26.8 Å². The van der Waals surface area contributed by atoms with Crippen molar-refractivity contribution >= 4 is 21.6 Å². The summed E-state index contributed by atoms with van der Waals surface area (Å²) < 4.78 is 26.4. The van der Waals surface area contributed by atoms with Crippen molar-refractivity contribution < 1.29 is 8.78 Å². The van der Waals surface area contributed by atoms with Crippen LogP contribution < -0.4 is 10.9 Å². The molecule has 0 bridgehead atoms. The van der Waals surface area contributed by atoms with E-state index in [1.54, 1.807) is 0 Å². The van der Waals surface area contributed by atoms with E-state index in [4.69, 9.17) is 0 Å². The molecule has 0 saturated heterocycles. The molecule has 0 aliphatic carbocycles. The van der Waals surface area contributed by atoms with Crippen LogP contribution in [0.2, 0.25) is 0 Å². The summed E-state index contributed by atoms with van der Waals surface area (Å²) in [5.74, 6) is -0.868. The summed E-state index contributed by atoms with van der Waals surface area (Å²) in [6.07, 6.45) is 0. The van der Waals surface area contributed by atoms with Crippen LogP contribution in [0.25, 0.3) is 0 Å². The van der Waals surface area contributed by atoms with Gasteiger partial charge in [-0.1, -0.05) is 0 Å². The van der Waals surface area contributed by atoms with E-state index < -0.39 is 11.6 Å². The molecule has 0 fully saturated rings. The maximum Gasteiger partial charge on any atom is 0.149 e. The maximum atomic E-state index is 13.2. The predicted octanol–water partition coefficient (Wildman–Crippen LogP) is 2.16. The lowest BCUT2D eigenvalue weighted by atomic mass is 10.2. The molecule has 2 N–H and O–H groups in total. The van der Waals surface area contributed by atoms with E-state index in [9.17, 15) is 8.78 Å². The zero-order valence-corrected chi connectivity index (χ0v) is 7.50. The topological polar surface area (TPSA) is 24.1 Å². The minimum Gasteiger partial charge on any atom is -0.318 e. The third-order valence-corrected chi connectivity index (χ3v) is 2.32. The zero-order chi connectivity index (χ0) is 8.72. The van der Waals surface area contributed by atoms with Gasteiger partial charge in [-0.15, -0.1) is 0 Å². The highest BCUT2D eigenvalue weighted by molar-refractivity contribution is 9.10.